The van der Waals surface area contributed by atoms with E-state index in [0.29, 0.717) is 18.0 Å². The Morgan fingerprint density at radius 2 is 2.19 bits per heavy atom. The summed E-state index contributed by atoms with van der Waals surface area (Å²) in [7, 11) is 0. The Morgan fingerprint density at radius 1 is 1.48 bits per heavy atom. The van der Waals surface area contributed by atoms with Crippen LogP contribution in [0.15, 0.2) is 23.1 Å². The van der Waals surface area contributed by atoms with Gasteiger partial charge in [0.2, 0.25) is 0 Å². The fraction of sp³-hybridized carbons (Fsp3) is 0.500. The van der Waals surface area contributed by atoms with Crippen molar-refractivity contribution >= 4 is 23.4 Å². The average molecular weight is 306 g/mol. The lowest BCUT2D eigenvalue weighted by Gasteiger charge is -2.19. The Kier molecular flexibility index (Phi) is 7.10. The van der Waals surface area contributed by atoms with Crippen LogP contribution >= 0.6 is 11.8 Å². The van der Waals surface area contributed by atoms with Crippen molar-refractivity contribution in [3.8, 4) is 6.07 Å². The van der Waals surface area contributed by atoms with Gasteiger partial charge in [-0.2, -0.15) is 5.26 Å². The second kappa shape index (κ2) is 8.58. The lowest BCUT2D eigenvalue weighted by Crippen LogP contribution is -2.20. The monoisotopic (exact) mass is 306 g/mol. The maximum Gasteiger partial charge on any atom is 0.303 e. The first kappa shape index (κ1) is 17.4. The normalized spacial score (nSPS) is 12.0. The summed E-state index contributed by atoms with van der Waals surface area (Å²) >= 11 is 1.53. The number of nitriles is 1. The molecular formula is C16H22N2O2S. The highest BCUT2D eigenvalue weighted by molar-refractivity contribution is 7.98. The third-order valence-electron chi connectivity index (χ3n) is 3.21. The Balaban J connectivity index is 2.80. The van der Waals surface area contributed by atoms with E-state index in [9.17, 15) is 10.1 Å². The first-order chi connectivity index (χ1) is 9.97. The molecule has 0 spiro atoms. The van der Waals surface area contributed by atoms with Gasteiger partial charge < -0.3 is 10.4 Å². The second-order valence-corrected chi connectivity index (χ2v) is 6.32. The molecule has 1 aromatic carbocycles. The number of carbonyl (C=O) groups is 1. The molecule has 0 aromatic heterocycles. The number of anilines is 1. The number of hydrogen-bond acceptors (Lipinski definition) is 4. The third-order valence-corrected chi connectivity index (χ3v) is 3.99. The van der Waals surface area contributed by atoms with Crippen molar-refractivity contribution in [3.05, 3.63) is 23.8 Å². The van der Waals surface area contributed by atoms with Crippen LogP contribution in [0.25, 0.3) is 0 Å². The standard InChI is InChI=1S/C16H22N2O2S/c1-11(2)7-12(8-16(19)20)10-18-14-5-4-6-15(21-3)13(14)9-17/h4-6,11-12,18H,7-8,10H2,1-3H3,(H,19,20). The molecule has 0 amide bonds. The molecule has 1 unspecified atom stereocenters. The van der Waals surface area contributed by atoms with Crippen molar-refractivity contribution in [2.24, 2.45) is 11.8 Å². The van der Waals surface area contributed by atoms with Gasteiger partial charge in [-0.05, 0) is 36.6 Å². The van der Waals surface area contributed by atoms with Gasteiger partial charge in [0, 0.05) is 17.9 Å². The largest absolute Gasteiger partial charge is 0.481 e. The zero-order valence-corrected chi connectivity index (χ0v) is 13.5. The summed E-state index contributed by atoms with van der Waals surface area (Å²) in [5.41, 5.74) is 1.41. The molecular weight excluding hydrogens is 284 g/mol. The Labute approximate surface area is 130 Å². The third kappa shape index (κ3) is 5.68. The molecule has 0 heterocycles. The quantitative estimate of drug-likeness (QED) is 0.714. The minimum absolute atomic E-state index is 0.0620. The van der Waals surface area contributed by atoms with Gasteiger partial charge in [-0.1, -0.05) is 19.9 Å². The van der Waals surface area contributed by atoms with E-state index >= 15 is 0 Å². The van der Waals surface area contributed by atoms with Gasteiger partial charge in [0.15, 0.2) is 0 Å². The molecule has 21 heavy (non-hydrogen) atoms. The van der Waals surface area contributed by atoms with Gasteiger partial charge in [0.05, 0.1) is 11.3 Å². The molecule has 2 N–H and O–H groups in total. The van der Waals surface area contributed by atoms with Crippen molar-refractivity contribution in [1.82, 2.24) is 0 Å². The van der Waals surface area contributed by atoms with Gasteiger partial charge >= 0.3 is 5.97 Å². The first-order valence-electron chi connectivity index (χ1n) is 7.00. The lowest BCUT2D eigenvalue weighted by atomic mass is 9.94. The van der Waals surface area contributed by atoms with Crippen LogP contribution < -0.4 is 5.32 Å². The fourth-order valence-electron chi connectivity index (χ4n) is 2.37. The number of aliphatic carboxylic acids is 1. The fourth-order valence-corrected chi connectivity index (χ4v) is 2.94. The molecule has 0 fully saturated rings. The molecule has 1 rings (SSSR count). The van der Waals surface area contributed by atoms with E-state index in [1.54, 1.807) is 0 Å². The summed E-state index contributed by atoms with van der Waals surface area (Å²) in [6.45, 7) is 4.74. The molecule has 5 heteroatoms. The first-order valence-corrected chi connectivity index (χ1v) is 8.23. The summed E-state index contributed by atoms with van der Waals surface area (Å²) in [6, 6.07) is 7.91. The molecule has 0 aliphatic heterocycles. The predicted octanol–water partition coefficient (Wildman–Crippen LogP) is 3.83. The average Bonchev–Trinajstić information content (AvgIpc) is 2.42. The van der Waals surface area contributed by atoms with Gasteiger partial charge in [0.1, 0.15) is 6.07 Å². The van der Waals surface area contributed by atoms with Crippen LogP contribution in [0.2, 0.25) is 0 Å². The van der Waals surface area contributed by atoms with Crippen LogP contribution in [0, 0.1) is 23.2 Å². The highest BCUT2D eigenvalue weighted by Gasteiger charge is 2.16. The highest BCUT2D eigenvalue weighted by atomic mass is 32.2. The smallest absolute Gasteiger partial charge is 0.303 e. The van der Waals surface area contributed by atoms with Gasteiger partial charge in [-0.15, -0.1) is 11.8 Å². The Hall–Kier alpha value is -1.67. The van der Waals surface area contributed by atoms with E-state index in [1.165, 1.54) is 11.8 Å². The second-order valence-electron chi connectivity index (χ2n) is 5.47. The number of carboxylic acids is 1. The number of rotatable bonds is 8. The van der Waals surface area contributed by atoms with Gasteiger partial charge in [0.25, 0.3) is 0 Å². The maximum absolute atomic E-state index is 10.9. The molecule has 0 aliphatic rings. The van der Waals surface area contributed by atoms with Crippen molar-refractivity contribution < 1.29 is 9.90 Å². The van der Waals surface area contributed by atoms with Crippen LogP contribution in [0.4, 0.5) is 5.69 Å². The van der Waals surface area contributed by atoms with E-state index in [-0.39, 0.29) is 12.3 Å². The van der Waals surface area contributed by atoms with Crippen LogP contribution in [0.1, 0.15) is 32.3 Å². The van der Waals surface area contributed by atoms with Crippen LogP contribution in [0.5, 0.6) is 0 Å². The van der Waals surface area contributed by atoms with Crippen molar-refractivity contribution in [2.75, 3.05) is 18.1 Å². The van der Waals surface area contributed by atoms with Crippen LogP contribution in [-0.4, -0.2) is 23.9 Å². The molecule has 0 aliphatic carbocycles. The Bertz CT molecular complexity index is 523. The van der Waals surface area contributed by atoms with E-state index in [0.717, 1.165) is 17.0 Å². The summed E-state index contributed by atoms with van der Waals surface area (Å²) < 4.78 is 0. The van der Waals surface area contributed by atoms with Gasteiger partial charge in [-0.3, -0.25) is 4.79 Å². The summed E-state index contributed by atoms with van der Waals surface area (Å²) in [6.07, 6.45) is 2.94. The minimum atomic E-state index is -0.777. The molecule has 4 nitrogen and oxygen atoms in total. The number of nitrogens with zero attached hydrogens (tertiary/aromatic N) is 1. The Morgan fingerprint density at radius 3 is 2.71 bits per heavy atom. The van der Waals surface area contributed by atoms with E-state index in [2.05, 4.69) is 25.2 Å². The van der Waals surface area contributed by atoms with E-state index in [1.807, 2.05) is 24.5 Å². The van der Waals surface area contributed by atoms with Crippen LogP contribution in [-0.2, 0) is 4.79 Å². The predicted molar refractivity (Wildman–Crippen MR) is 86.6 cm³/mol. The topological polar surface area (TPSA) is 73.1 Å². The SMILES string of the molecule is CSc1cccc(NCC(CC(=O)O)CC(C)C)c1C#N. The molecule has 0 saturated carbocycles. The maximum atomic E-state index is 10.9. The molecule has 114 valence electrons. The summed E-state index contributed by atoms with van der Waals surface area (Å²) in [4.78, 5) is 11.9. The number of carboxylic acid groups (broad SMARTS) is 1. The molecule has 0 radical (unpaired) electrons. The van der Waals surface area contributed by atoms with Crippen molar-refractivity contribution in [2.45, 2.75) is 31.6 Å². The number of nitrogens with one attached hydrogen (secondary N) is 1. The summed E-state index contributed by atoms with van der Waals surface area (Å²) in [5.74, 6) is -0.267. The molecule has 0 saturated heterocycles. The zero-order chi connectivity index (χ0) is 15.8. The lowest BCUT2D eigenvalue weighted by molar-refractivity contribution is -0.138. The molecule has 1 aromatic rings. The zero-order valence-electron chi connectivity index (χ0n) is 12.7. The summed E-state index contributed by atoms with van der Waals surface area (Å²) in [5, 5.41) is 21.5. The highest BCUT2D eigenvalue weighted by Crippen LogP contribution is 2.27. The minimum Gasteiger partial charge on any atom is -0.481 e. The van der Waals surface area contributed by atoms with E-state index < -0.39 is 5.97 Å². The van der Waals surface area contributed by atoms with Crippen LogP contribution in [0.3, 0.4) is 0 Å². The number of benzene rings is 1. The van der Waals surface area contributed by atoms with Crippen molar-refractivity contribution in [1.29, 1.82) is 5.26 Å². The van der Waals surface area contributed by atoms with E-state index in [4.69, 9.17) is 5.11 Å². The van der Waals surface area contributed by atoms with Gasteiger partial charge in [-0.25, -0.2) is 0 Å². The number of hydrogen-bond donors (Lipinski definition) is 2. The molecule has 0 bridgehead atoms. The van der Waals surface area contributed by atoms with Crippen molar-refractivity contribution in [3.63, 3.8) is 0 Å². The number of thioether (sulfide) groups is 1. The molecule has 1 atom stereocenters.